The van der Waals surface area contributed by atoms with Gasteiger partial charge in [0.25, 0.3) is 0 Å². The van der Waals surface area contributed by atoms with Gasteiger partial charge in [-0.2, -0.15) is 6.42 Å². The molecule has 0 fully saturated rings. The van der Waals surface area contributed by atoms with Gasteiger partial charge in [0.2, 0.25) is 0 Å². The first-order valence-electron chi connectivity index (χ1n) is 10.7. The zero-order chi connectivity index (χ0) is 16.1. The first kappa shape index (κ1) is 26.9. The molecule has 0 aliphatic carbocycles. The van der Waals surface area contributed by atoms with Gasteiger partial charge in [-0.05, 0) is 0 Å². The Kier molecular flexibility index (Phi) is 30.2. The van der Waals surface area contributed by atoms with Crippen LogP contribution in [0.3, 0.4) is 0 Å². The second kappa shape index (κ2) is 25.9. The predicted octanol–water partition coefficient (Wildman–Crippen LogP) is 5.65. The first-order chi connectivity index (χ1) is 10.9. The molecular weight excluding hydrogens is 303 g/mol. The van der Waals surface area contributed by atoms with Crippen LogP contribution in [0.4, 0.5) is 0 Å². The molecule has 23 heavy (non-hydrogen) atoms. The molecule has 0 aliphatic rings. The van der Waals surface area contributed by atoms with E-state index < -0.39 is 0 Å². The molecule has 0 aromatic rings. The molecule has 0 nitrogen and oxygen atoms in total. The molecule has 0 aliphatic heterocycles. The van der Waals surface area contributed by atoms with Gasteiger partial charge >= 0.3 is 51.4 Å². The molecule has 0 bridgehead atoms. The quantitative estimate of drug-likeness (QED) is 0.161. The summed E-state index contributed by atoms with van der Waals surface area (Å²) in [4.78, 5) is 0. The molecular formula is C22H45K. The van der Waals surface area contributed by atoms with E-state index in [9.17, 15) is 0 Å². The number of hydrogen-bond donors (Lipinski definition) is 0. The topological polar surface area (TPSA) is 0 Å². The van der Waals surface area contributed by atoms with E-state index in [2.05, 4.69) is 13.8 Å². The van der Waals surface area contributed by atoms with Crippen molar-refractivity contribution in [2.45, 2.75) is 135 Å². The minimum absolute atomic E-state index is 0. The molecule has 0 unspecified atom stereocenters. The van der Waals surface area contributed by atoms with E-state index in [0.29, 0.717) is 0 Å². The SMILES string of the molecule is [CH2-]CCCCCCCCCCCCCCCCCCCCC.[K+]. The van der Waals surface area contributed by atoms with Crippen LogP contribution in [0.2, 0.25) is 0 Å². The fourth-order valence-electron chi connectivity index (χ4n) is 3.26. The molecule has 0 heterocycles. The van der Waals surface area contributed by atoms with Crippen LogP contribution in [0.25, 0.3) is 0 Å². The molecule has 0 aromatic carbocycles. The normalized spacial score (nSPS) is 10.7. The van der Waals surface area contributed by atoms with E-state index in [1.54, 1.807) is 0 Å². The summed E-state index contributed by atoms with van der Waals surface area (Å²) in [5.74, 6) is 0. The number of unbranched alkanes of at least 4 members (excludes halogenated alkanes) is 19. The molecule has 0 rings (SSSR count). The van der Waals surface area contributed by atoms with Crippen LogP contribution in [0.15, 0.2) is 0 Å². The molecule has 0 aromatic heterocycles. The van der Waals surface area contributed by atoms with Crippen molar-refractivity contribution in [2.75, 3.05) is 0 Å². The van der Waals surface area contributed by atoms with Crippen molar-refractivity contribution >= 4 is 0 Å². The molecule has 0 saturated heterocycles. The summed E-state index contributed by atoms with van der Waals surface area (Å²) in [6.07, 6.45) is 28.8. The van der Waals surface area contributed by atoms with Gasteiger partial charge in [-0.3, -0.25) is 0 Å². The zero-order valence-corrected chi connectivity index (χ0v) is 20.0. The van der Waals surface area contributed by atoms with Gasteiger partial charge in [0.15, 0.2) is 0 Å². The summed E-state index contributed by atoms with van der Waals surface area (Å²) >= 11 is 0. The Labute approximate surface area is 191 Å². The summed E-state index contributed by atoms with van der Waals surface area (Å²) in [7, 11) is 0. The Morgan fingerprint density at radius 1 is 0.391 bits per heavy atom. The maximum absolute atomic E-state index is 3.90. The molecule has 0 radical (unpaired) electrons. The molecule has 134 valence electrons. The van der Waals surface area contributed by atoms with Crippen molar-refractivity contribution in [3.8, 4) is 0 Å². The summed E-state index contributed by atoms with van der Waals surface area (Å²) in [5.41, 5.74) is 0. The van der Waals surface area contributed by atoms with Gasteiger partial charge in [0, 0.05) is 0 Å². The standard InChI is InChI=1S/C22H45.K/c1-3-5-7-9-11-13-15-17-19-21-22-20-18-16-14-12-10-8-6-4-2;/h1,3-22H2,2H3;/q-1;+1. The summed E-state index contributed by atoms with van der Waals surface area (Å²) < 4.78 is 0. The van der Waals surface area contributed by atoms with Crippen LogP contribution < -0.4 is 51.4 Å². The maximum atomic E-state index is 3.90. The second-order valence-electron chi connectivity index (χ2n) is 7.22. The monoisotopic (exact) mass is 348 g/mol. The Bertz CT molecular complexity index is 159. The third kappa shape index (κ3) is 26.0. The van der Waals surface area contributed by atoms with Crippen LogP contribution in [-0.2, 0) is 0 Å². The average molecular weight is 349 g/mol. The van der Waals surface area contributed by atoms with Gasteiger partial charge in [-0.25, -0.2) is 0 Å². The van der Waals surface area contributed by atoms with E-state index in [1.807, 2.05) is 0 Å². The predicted molar refractivity (Wildman–Crippen MR) is 103 cm³/mol. The smallest absolute Gasteiger partial charge is 0.343 e. The van der Waals surface area contributed by atoms with Gasteiger partial charge in [-0.1, -0.05) is 129 Å². The van der Waals surface area contributed by atoms with Gasteiger partial charge < -0.3 is 6.92 Å². The second-order valence-corrected chi connectivity index (χ2v) is 7.22. The van der Waals surface area contributed by atoms with Crippen LogP contribution >= 0.6 is 0 Å². The van der Waals surface area contributed by atoms with Crippen LogP contribution in [-0.4, -0.2) is 0 Å². The number of rotatable bonds is 19. The summed E-state index contributed by atoms with van der Waals surface area (Å²) in [6.45, 7) is 6.20. The molecule has 0 saturated carbocycles. The maximum Gasteiger partial charge on any atom is 1.00 e. The molecule has 0 spiro atoms. The molecule has 0 N–H and O–H groups in total. The third-order valence-corrected chi connectivity index (χ3v) is 4.85. The van der Waals surface area contributed by atoms with Crippen molar-refractivity contribution in [1.82, 2.24) is 0 Å². The Balaban J connectivity index is 0. The van der Waals surface area contributed by atoms with Gasteiger partial charge in [0.05, 0.1) is 0 Å². The van der Waals surface area contributed by atoms with Gasteiger partial charge in [-0.15, -0.1) is 0 Å². The molecule has 1 heteroatoms. The van der Waals surface area contributed by atoms with Crippen LogP contribution in [0, 0.1) is 6.92 Å². The largest absolute Gasteiger partial charge is 1.00 e. The van der Waals surface area contributed by atoms with Crippen LogP contribution in [0.5, 0.6) is 0 Å². The third-order valence-electron chi connectivity index (χ3n) is 4.85. The van der Waals surface area contributed by atoms with Crippen molar-refractivity contribution in [2.24, 2.45) is 0 Å². The number of hydrogen-bond acceptors (Lipinski definition) is 0. The summed E-state index contributed by atoms with van der Waals surface area (Å²) in [6, 6.07) is 0. The van der Waals surface area contributed by atoms with Crippen molar-refractivity contribution < 1.29 is 51.4 Å². The molecule has 0 atom stereocenters. The van der Waals surface area contributed by atoms with E-state index in [-0.39, 0.29) is 51.4 Å². The van der Waals surface area contributed by atoms with E-state index in [4.69, 9.17) is 0 Å². The Morgan fingerprint density at radius 2 is 0.609 bits per heavy atom. The molecule has 0 amide bonds. The fourth-order valence-corrected chi connectivity index (χ4v) is 3.26. The van der Waals surface area contributed by atoms with Gasteiger partial charge in [0.1, 0.15) is 0 Å². The van der Waals surface area contributed by atoms with E-state index in [1.165, 1.54) is 122 Å². The Hall–Kier alpha value is 1.64. The minimum Gasteiger partial charge on any atom is -0.343 e. The van der Waals surface area contributed by atoms with Crippen molar-refractivity contribution in [1.29, 1.82) is 0 Å². The van der Waals surface area contributed by atoms with Crippen molar-refractivity contribution in [3.05, 3.63) is 6.92 Å². The Morgan fingerprint density at radius 3 is 0.826 bits per heavy atom. The first-order valence-corrected chi connectivity index (χ1v) is 10.7. The fraction of sp³-hybridized carbons (Fsp3) is 0.955. The average Bonchev–Trinajstić information content (AvgIpc) is 2.54. The minimum atomic E-state index is 0. The zero-order valence-electron chi connectivity index (χ0n) is 16.8. The van der Waals surface area contributed by atoms with E-state index >= 15 is 0 Å². The van der Waals surface area contributed by atoms with Crippen LogP contribution in [0.1, 0.15) is 135 Å². The van der Waals surface area contributed by atoms with E-state index in [0.717, 1.165) is 6.42 Å². The summed E-state index contributed by atoms with van der Waals surface area (Å²) in [5, 5.41) is 0. The van der Waals surface area contributed by atoms with Crippen molar-refractivity contribution in [3.63, 3.8) is 0 Å².